The van der Waals surface area contributed by atoms with Crippen molar-refractivity contribution < 1.29 is 9.18 Å². The van der Waals surface area contributed by atoms with E-state index in [0.717, 1.165) is 6.42 Å². The van der Waals surface area contributed by atoms with Crippen LogP contribution in [0.4, 0.5) is 4.39 Å². The molecule has 0 aliphatic rings. The number of aryl methyl sites for hydroxylation is 1. The average Bonchev–Trinajstić information content (AvgIpc) is 2.59. The van der Waals surface area contributed by atoms with E-state index in [9.17, 15) is 14.0 Å². The summed E-state index contributed by atoms with van der Waals surface area (Å²) in [5.41, 5.74) is 2.27. The third-order valence-electron chi connectivity index (χ3n) is 4.08. The van der Waals surface area contributed by atoms with Crippen molar-refractivity contribution in [2.45, 2.75) is 19.9 Å². The molecule has 0 saturated carbocycles. The van der Waals surface area contributed by atoms with Crippen LogP contribution < -0.4 is 10.9 Å². The molecule has 0 radical (unpaired) electrons. The predicted molar refractivity (Wildman–Crippen MR) is 93.9 cm³/mol. The lowest BCUT2D eigenvalue weighted by Crippen LogP contribution is -2.33. The molecular weight excluding hydrogens is 321 g/mol. The zero-order chi connectivity index (χ0) is 17.8. The van der Waals surface area contributed by atoms with Crippen molar-refractivity contribution in [2.75, 3.05) is 6.54 Å². The molecule has 0 aliphatic carbocycles. The van der Waals surface area contributed by atoms with Crippen molar-refractivity contribution in [3.8, 4) is 0 Å². The van der Waals surface area contributed by atoms with Gasteiger partial charge in [-0.1, -0.05) is 24.3 Å². The normalized spacial score (nSPS) is 10.8. The lowest BCUT2D eigenvalue weighted by molar-refractivity contribution is -0.121. The highest BCUT2D eigenvalue weighted by Crippen LogP contribution is 2.09. The number of nitrogens with one attached hydrogen (secondary N) is 1. The molecule has 0 bridgehead atoms. The molecule has 1 aromatic heterocycles. The quantitative estimate of drug-likeness (QED) is 0.775. The van der Waals surface area contributed by atoms with Gasteiger partial charge < -0.3 is 5.32 Å². The van der Waals surface area contributed by atoms with Crippen LogP contribution in [0.1, 0.15) is 11.1 Å². The lowest BCUT2D eigenvalue weighted by atomic mass is 10.1. The van der Waals surface area contributed by atoms with Crippen molar-refractivity contribution >= 4 is 16.8 Å². The monoisotopic (exact) mass is 339 g/mol. The Hall–Kier alpha value is -3.02. The number of halogens is 1. The Morgan fingerprint density at radius 2 is 2.04 bits per heavy atom. The Morgan fingerprint density at radius 3 is 2.84 bits per heavy atom. The van der Waals surface area contributed by atoms with E-state index in [2.05, 4.69) is 10.3 Å². The molecule has 0 unspecified atom stereocenters. The summed E-state index contributed by atoms with van der Waals surface area (Å²) in [6, 6.07) is 11.8. The molecule has 0 fully saturated rings. The summed E-state index contributed by atoms with van der Waals surface area (Å²) in [5, 5.41) is 3.09. The molecule has 5 nitrogen and oxygen atoms in total. The van der Waals surface area contributed by atoms with E-state index in [-0.39, 0.29) is 28.9 Å². The van der Waals surface area contributed by atoms with Crippen LogP contribution in [0, 0.1) is 12.7 Å². The summed E-state index contributed by atoms with van der Waals surface area (Å²) in [6.07, 6.45) is 1.99. The van der Waals surface area contributed by atoms with Crippen LogP contribution in [0.3, 0.4) is 0 Å². The SMILES string of the molecule is Cc1ccccc1CCNC(=O)Cn1cnc2cc(F)ccc2c1=O. The minimum Gasteiger partial charge on any atom is -0.354 e. The number of carbonyl (C=O) groups excluding carboxylic acids is 1. The Morgan fingerprint density at radius 1 is 1.24 bits per heavy atom. The van der Waals surface area contributed by atoms with Gasteiger partial charge in [-0.05, 0) is 36.6 Å². The van der Waals surface area contributed by atoms with Crippen molar-refractivity contribution in [2.24, 2.45) is 0 Å². The third-order valence-corrected chi connectivity index (χ3v) is 4.08. The number of rotatable bonds is 5. The van der Waals surface area contributed by atoms with Gasteiger partial charge in [0.1, 0.15) is 12.4 Å². The Bertz CT molecular complexity index is 982. The molecule has 0 spiro atoms. The molecule has 0 saturated heterocycles. The molecule has 128 valence electrons. The molecule has 1 amide bonds. The second kappa shape index (κ2) is 7.25. The summed E-state index contributed by atoms with van der Waals surface area (Å²) in [7, 11) is 0. The Balaban J connectivity index is 1.64. The first-order valence-corrected chi connectivity index (χ1v) is 8.00. The molecule has 1 N–H and O–H groups in total. The first-order chi connectivity index (χ1) is 12.0. The van der Waals surface area contributed by atoms with Gasteiger partial charge in [-0.25, -0.2) is 9.37 Å². The average molecular weight is 339 g/mol. The minimum atomic E-state index is -0.453. The van der Waals surface area contributed by atoms with Gasteiger partial charge in [-0.3, -0.25) is 14.2 Å². The zero-order valence-corrected chi connectivity index (χ0v) is 13.8. The van der Waals surface area contributed by atoms with Crippen LogP contribution in [0.25, 0.3) is 10.9 Å². The third kappa shape index (κ3) is 3.91. The molecule has 3 rings (SSSR count). The van der Waals surface area contributed by atoms with Gasteiger partial charge in [-0.2, -0.15) is 0 Å². The summed E-state index contributed by atoms with van der Waals surface area (Å²) < 4.78 is 14.4. The lowest BCUT2D eigenvalue weighted by Gasteiger charge is -2.09. The number of amides is 1. The highest BCUT2D eigenvalue weighted by Gasteiger charge is 2.09. The fraction of sp³-hybridized carbons (Fsp3) is 0.211. The first-order valence-electron chi connectivity index (χ1n) is 8.00. The molecule has 1 heterocycles. The summed E-state index contributed by atoms with van der Waals surface area (Å²) >= 11 is 0. The van der Waals surface area contributed by atoms with Crippen molar-refractivity contribution in [3.63, 3.8) is 0 Å². The number of hydrogen-bond donors (Lipinski definition) is 1. The second-order valence-electron chi connectivity index (χ2n) is 5.87. The van der Waals surface area contributed by atoms with Gasteiger partial charge in [0.2, 0.25) is 5.91 Å². The van der Waals surface area contributed by atoms with Crippen molar-refractivity contribution in [3.05, 3.63) is 76.1 Å². The molecule has 0 aliphatic heterocycles. The molecule has 2 aromatic carbocycles. The maximum absolute atomic E-state index is 13.2. The Labute approximate surface area is 144 Å². The molecule has 3 aromatic rings. The van der Waals surface area contributed by atoms with Crippen molar-refractivity contribution in [1.82, 2.24) is 14.9 Å². The van der Waals surface area contributed by atoms with E-state index < -0.39 is 5.82 Å². The van der Waals surface area contributed by atoms with Gasteiger partial charge in [0.25, 0.3) is 5.56 Å². The zero-order valence-electron chi connectivity index (χ0n) is 13.8. The number of aromatic nitrogens is 2. The van der Waals surface area contributed by atoms with E-state index >= 15 is 0 Å². The summed E-state index contributed by atoms with van der Waals surface area (Å²) in [4.78, 5) is 28.4. The second-order valence-corrected chi connectivity index (χ2v) is 5.87. The smallest absolute Gasteiger partial charge is 0.261 e. The fourth-order valence-electron chi connectivity index (χ4n) is 2.68. The van der Waals surface area contributed by atoms with Crippen LogP contribution in [0.15, 0.2) is 53.6 Å². The highest BCUT2D eigenvalue weighted by atomic mass is 19.1. The summed E-state index contributed by atoms with van der Waals surface area (Å²) in [5.74, 6) is -0.718. The molecular formula is C19H18FN3O2. The fourth-order valence-corrected chi connectivity index (χ4v) is 2.68. The maximum atomic E-state index is 13.2. The topological polar surface area (TPSA) is 64.0 Å². The van der Waals surface area contributed by atoms with Crippen LogP contribution in [-0.4, -0.2) is 22.0 Å². The highest BCUT2D eigenvalue weighted by molar-refractivity contribution is 5.79. The number of carbonyl (C=O) groups is 1. The molecule has 25 heavy (non-hydrogen) atoms. The van der Waals surface area contributed by atoms with Gasteiger partial charge in [0.15, 0.2) is 0 Å². The van der Waals surface area contributed by atoms with E-state index in [4.69, 9.17) is 0 Å². The van der Waals surface area contributed by atoms with Gasteiger partial charge in [0, 0.05) is 12.6 Å². The summed E-state index contributed by atoms with van der Waals surface area (Å²) in [6.45, 7) is 2.40. The predicted octanol–water partition coefficient (Wildman–Crippen LogP) is 2.20. The molecule has 6 heteroatoms. The standard InChI is InChI=1S/C19H18FN3O2/c1-13-4-2-3-5-14(13)8-9-21-18(24)11-23-12-22-17-10-15(20)6-7-16(17)19(23)25/h2-7,10,12H,8-9,11H2,1H3,(H,21,24). The maximum Gasteiger partial charge on any atom is 0.261 e. The van der Waals surface area contributed by atoms with Crippen LogP contribution in [0.2, 0.25) is 0 Å². The molecule has 0 atom stereocenters. The Kier molecular flexibility index (Phi) is 4.88. The van der Waals surface area contributed by atoms with Gasteiger partial charge >= 0.3 is 0 Å². The van der Waals surface area contributed by atoms with E-state index in [1.165, 1.54) is 40.2 Å². The largest absolute Gasteiger partial charge is 0.354 e. The van der Waals surface area contributed by atoms with Gasteiger partial charge in [0.05, 0.1) is 17.2 Å². The van der Waals surface area contributed by atoms with Crippen LogP contribution in [-0.2, 0) is 17.8 Å². The van der Waals surface area contributed by atoms with Crippen LogP contribution in [0.5, 0.6) is 0 Å². The van der Waals surface area contributed by atoms with Gasteiger partial charge in [-0.15, -0.1) is 0 Å². The first kappa shape index (κ1) is 16.8. The number of hydrogen-bond acceptors (Lipinski definition) is 3. The van der Waals surface area contributed by atoms with Crippen molar-refractivity contribution in [1.29, 1.82) is 0 Å². The van der Waals surface area contributed by atoms with E-state index in [1.54, 1.807) is 0 Å². The number of benzene rings is 2. The van der Waals surface area contributed by atoms with E-state index in [0.29, 0.717) is 6.54 Å². The van der Waals surface area contributed by atoms with Crippen LogP contribution >= 0.6 is 0 Å². The number of fused-ring (bicyclic) bond motifs is 1. The number of nitrogens with zero attached hydrogens (tertiary/aromatic N) is 2. The minimum absolute atomic E-state index is 0.118. The van der Waals surface area contributed by atoms with E-state index in [1.807, 2.05) is 31.2 Å².